The molecule has 0 bridgehead atoms. The first-order chi connectivity index (χ1) is 6.81. The van der Waals surface area contributed by atoms with Gasteiger partial charge >= 0.3 is 0 Å². The van der Waals surface area contributed by atoms with Crippen LogP contribution in [0.2, 0.25) is 0 Å². The van der Waals surface area contributed by atoms with Gasteiger partial charge in [-0.05, 0) is 18.6 Å². The van der Waals surface area contributed by atoms with E-state index in [1.807, 2.05) is 25.1 Å². The van der Waals surface area contributed by atoms with Gasteiger partial charge in [-0.15, -0.1) is 0 Å². The molecule has 0 unspecified atom stereocenters. The van der Waals surface area contributed by atoms with Gasteiger partial charge in [0.2, 0.25) is 0 Å². The van der Waals surface area contributed by atoms with Crippen molar-refractivity contribution in [1.29, 1.82) is 0 Å². The maximum Gasteiger partial charge on any atom is 0.164 e. The minimum Gasteiger partial charge on any atom is -0.493 e. The summed E-state index contributed by atoms with van der Waals surface area (Å²) in [5.41, 5.74) is 1.12. The van der Waals surface area contributed by atoms with Crippen LogP contribution < -0.4 is 14.8 Å². The number of aryl methyl sites for hydroxylation is 1. The standard InChI is InChI=1S/C11H15NO2/c1-8-4-3-5-10(13-2)11(8)14-9-6-12-7-9/h3-5,9,12H,6-7H2,1-2H3. The molecule has 0 atom stereocenters. The molecule has 0 radical (unpaired) electrons. The zero-order valence-electron chi connectivity index (χ0n) is 8.54. The van der Waals surface area contributed by atoms with Gasteiger partial charge < -0.3 is 14.8 Å². The number of para-hydroxylation sites is 1. The lowest BCUT2D eigenvalue weighted by Gasteiger charge is -2.29. The SMILES string of the molecule is COc1cccc(C)c1OC1CNC1. The molecule has 1 N–H and O–H groups in total. The van der Waals surface area contributed by atoms with Gasteiger partial charge in [-0.25, -0.2) is 0 Å². The van der Waals surface area contributed by atoms with Crippen LogP contribution in [-0.2, 0) is 0 Å². The molecule has 3 nitrogen and oxygen atoms in total. The molecule has 76 valence electrons. The number of methoxy groups -OCH3 is 1. The summed E-state index contributed by atoms with van der Waals surface area (Å²) in [7, 11) is 1.67. The van der Waals surface area contributed by atoms with Crippen molar-refractivity contribution in [3.05, 3.63) is 23.8 Å². The Morgan fingerprint density at radius 1 is 1.36 bits per heavy atom. The maximum absolute atomic E-state index is 5.82. The number of hydrogen-bond acceptors (Lipinski definition) is 3. The number of hydrogen-bond donors (Lipinski definition) is 1. The predicted molar refractivity (Wildman–Crippen MR) is 55.0 cm³/mol. The zero-order chi connectivity index (χ0) is 9.97. The van der Waals surface area contributed by atoms with Crippen LogP contribution in [0.4, 0.5) is 0 Å². The molecule has 1 aliphatic heterocycles. The molecule has 1 aromatic rings. The first-order valence-electron chi connectivity index (χ1n) is 4.82. The fourth-order valence-corrected chi connectivity index (χ4v) is 1.45. The van der Waals surface area contributed by atoms with E-state index in [0.717, 1.165) is 30.2 Å². The molecule has 3 heteroatoms. The summed E-state index contributed by atoms with van der Waals surface area (Å²) in [5, 5.41) is 3.17. The van der Waals surface area contributed by atoms with E-state index in [2.05, 4.69) is 5.32 Å². The molecular formula is C11H15NO2. The molecule has 14 heavy (non-hydrogen) atoms. The van der Waals surface area contributed by atoms with Crippen LogP contribution in [0.3, 0.4) is 0 Å². The highest BCUT2D eigenvalue weighted by Gasteiger charge is 2.20. The largest absolute Gasteiger partial charge is 0.493 e. The minimum atomic E-state index is 0.296. The van der Waals surface area contributed by atoms with Crippen molar-refractivity contribution in [1.82, 2.24) is 5.32 Å². The lowest BCUT2D eigenvalue weighted by Crippen LogP contribution is -2.50. The average Bonchev–Trinajstić information content (AvgIpc) is 2.12. The van der Waals surface area contributed by atoms with Crippen LogP contribution >= 0.6 is 0 Å². The monoisotopic (exact) mass is 193 g/mol. The molecule has 2 rings (SSSR count). The molecule has 1 heterocycles. The lowest BCUT2D eigenvalue weighted by atomic mass is 10.2. The normalized spacial score (nSPS) is 16.1. The number of rotatable bonds is 3. The molecule has 0 saturated carbocycles. The van der Waals surface area contributed by atoms with Crippen molar-refractivity contribution < 1.29 is 9.47 Å². The van der Waals surface area contributed by atoms with Gasteiger partial charge in [0.15, 0.2) is 11.5 Å². The Kier molecular flexibility index (Phi) is 2.59. The summed E-state index contributed by atoms with van der Waals surface area (Å²) in [4.78, 5) is 0. The van der Waals surface area contributed by atoms with E-state index < -0.39 is 0 Å². The predicted octanol–water partition coefficient (Wildman–Crippen LogP) is 1.35. The Hall–Kier alpha value is -1.22. The summed E-state index contributed by atoms with van der Waals surface area (Å²) < 4.78 is 11.1. The van der Waals surface area contributed by atoms with E-state index >= 15 is 0 Å². The number of ether oxygens (including phenoxy) is 2. The zero-order valence-corrected chi connectivity index (χ0v) is 8.54. The van der Waals surface area contributed by atoms with E-state index in [1.165, 1.54) is 0 Å². The quantitative estimate of drug-likeness (QED) is 0.786. The molecule has 0 spiro atoms. The van der Waals surface area contributed by atoms with E-state index in [-0.39, 0.29) is 0 Å². The molecular weight excluding hydrogens is 178 g/mol. The van der Waals surface area contributed by atoms with Crippen molar-refractivity contribution in [2.24, 2.45) is 0 Å². The highest BCUT2D eigenvalue weighted by Crippen LogP contribution is 2.31. The summed E-state index contributed by atoms with van der Waals surface area (Å²) in [6.07, 6.45) is 0.296. The van der Waals surface area contributed by atoms with E-state index in [4.69, 9.17) is 9.47 Å². The molecule has 1 aromatic carbocycles. The highest BCUT2D eigenvalue weighted by atomic mass is 16.5. The molecule has 1 saturated heterocycles. The third kappa shape index (κ3) is 1.68. The van der Waals surface area contributed by atoms with Crippen LogP contribution in [0.25, 0.3) is 0 Å². The second-order valence-electron chi connectivity index (χ2n) is 3.50. The second-order valence-corrected chi connectivity index (χ2v) is 3.50. The Morgan fingerprint density at radius 3 is 2.71 bits per heavy atom. The molecule has 1 aliphatic rings. The third-order valence-corrected chi connectivity index (χ3v) is 2.42. The fraction of sp³-hybridized carbons (Fsp3) is 0.455. The second kappa shape index (κ2) is 3.88. The average molecular weight is 193 g/mol. The van der Waals surface area contributed by atoms with Crippen molar-refractivity contribution in [2.75, 3.05) is 20.2 Å². The maximum atomic E-state index is 5.82. The molecule has 0 aliphatic carbocycles. The number of nitrogens with one attached hydrogen (secondary N) is 1. The van der Waals surface area contributed by atoms with Crippen molar-refractivity contribution in [2.45, 2.75) is 13.0 Å². The van der Waals surface area contributed by atoms with Gasteiger partial charge in [-0.3, -0.25) is 0 Å². The summed E-state index contributed by atoms with van der Waals surface area (Å²) in [6, 6.07) is 5.93. The van der Waals surface area contributed by atoms with Crippen molar-refractivity contribution >= 4 is 0 Å². The lowest BCUT2D eigenvalue weighted by molar-refractivity contribution is 0.136. The number of benzene rings is 1. The van der Waals surface area contributed by atoms with Gasteiger partial charge in [0.1, 0.15) is 6.10 Å². The van der Waals surface area contributed by atoms with Gasteiger partial charge in [-0.2, -0.15) is 0 Å². The third-order valence-electron chi connectivity index (χ3n) is 2.42. The highest BCUT2D eigenvalue weighted by molar-refractivity contribution is 5.46. The van der Waals surface area contributed by atoms with E-state index in [9.17, 15) is 0 Å². The Morgan fingerprint density at radius 2 is 2.14 bits per heavy atom. The first-order valence-corrected chi connectivity index (χ1v) is 4.82. The minimum absolute atomic E-state index is 0.296. The Labute approximate surface area is 84.0 Å². The van der Waals surface area contributed by atoms with Crippen LogP contribution in [0, 0.1) is 6.92 Å². The van der Waals surface area contributed by atoms with Crippen LogP contribution in [0.5, 0.6) is 11.5 Å². The Bertz CT molecular complexity index is 321. The van der Waals surface area contributed by atoms with Gasteiger partial charge in [0.25, 0.3) is 0 Å². The fourth-order valence-electron chi connectivity index (χ4n) is 1.45. The molecule has 0 amide bonds. The van der Waals surface area contributed by atoms with Gasteiger partial charge in [0.05, 0.1) is 7.11 Å². The first kappa shape index (κ1) is 9.34. The summed E-state index contributed by atoms with van der Waals surface area (Å²) >= 11 is 0. The van der Waals surface area contributed by atoms with Crippen molar-refractivity contribution in [3.63, 3.8) is 0 Å². The molecule has 0 aromatic heterocycles. The molecule has 1 fully saturated rings. The van der Waals surface area contributed by atoms with E-state index in [0.29, 0.717) is 6.10 Å². The topological polar surface area (TPSA) is 30.5 Å². The van der Waals surface area contributed by atoms with Crippen LogP contribution in [0.1, 0.15) is 5.56 Å². The van der Waals surface area contributed by atoms with Gasteiger partial charge in [0, 0.05) is 13.1 Å². The van der Waals surface area contributed by atoms with Crippen LogP contribution in [-0.4, -0.2) is 26.3 Å². The summed E-state index contributed by atoms with van der Waals surface area (Å²) in [6.45, 7) is 3.89. The van der Waals surface area contributed by atoms with E-state index in [1.54, 1.807) is 7.11 Å². The van der Waals surface area contributed by atoms with Gasteiger partial charge in [-0.1, -0.05) is 12.1 Å². The smallest absolute Gasteiger partial charge is 0.164 e. The Balaban J connectivity index is 2.19. The summed E-state index contributed by atoms with van der Waals surface area (Å²) in [5.74, 6) is 1.69. The van der Waals surface area contributed by atoms with Crippen molar-refractivity contribution in [3.8, 4) is 11.5 Å². The van der Waals surface area contributed by atoms with Crippen LogP contribution in [0.15, 0.2) is 18.2 Å².